The second-order valence-electron chi connectivity index (χ2n) is 4.46. The van der Waals surface area contributed by atoms with Gasteiger partial charge in [-0.3, -0.25) is 9.59 Å². The van der Waals surface area contributed by atoms with Crippen LogP contribution < -0.4 is 0 Å². The highest BCUT2D eigenvalue weighted by Gasteiger charge is 2.46. The van der Waals surface area contributed by atoms with E-state index < -0.39 is 5.41 Å². The Labute approximate surface area is 108 Å². The Morgan fingerprint density at radius 1 is 1.33 bits per heavy atom. The maximum absolute atomic E-state index is 12.1. The smallest absolute Gasteiger partial charge is 0.319 e. The van der Waals surface area contributed by atoms with Crippen LogP contribution in [0.3, 0.4) is 0 Å². The lowest BCUT2D eigenvalue weighted by molar-refractivity contribution is -0.162. The molecule has 0 saturated heterocycles. The summed E-state index contributed by atoms with van der Waals surface area (Å²) in [5, 5.41) is 0. The molecular formula is C14H22O4. The fourth-order valence-electron chi connectivity index (χ4n) is 2.29. The highest BCUT2D eigenvalue weighted by molar-refractivity contribution is 6.04. The van der Waals surface area contributed by atoms with Crippen LogP contribution in [0.2, 0.25) is 0 Å². The first-order chi connectivity index (χ1) is 8.67. The third-order valence-electron chi connectivity index (χ3n) is 3.28. The van der Waals surface area contributed by atoms with Gasteiger partial charge in [0.15, 0.2) is 5.78 Å². The third kappa shape index (κ3) is 3.34. The number of hydrogen-bond donors (Lipinski definition) is 0. The van der Waals surface area contributed by atoms with Crippen LogP contribution in [-0.4, -0.2) is 25.0 Å². The third-order valence-corrected chi connectivity index (χ3v) is 3.28. The Bertz CT molecular complexity index is 322. The van der Waals surface area contributed by atoms with Crippen molar-refractivity contribution in [2.75, 3.05) is 13.2 Å². The van der Waals surface area contributed by atoms with Crippen molar-refractivity contribution in [3.8, 4) is 0 Å². The van der Waals surface area contributed by atoms with Gasteiger partial charge in [-0.15, -0.1) is 0 Å². The molecule has 1 saturated carbocycles. The second-order valence-corrected chi connectivity index (χ2v) is 4.46. The van der Waals surface area contributed by atoms with Crippen molar-refractivity contribution >= 4 is 11.8 Å². The number of carbonyl (C=O) groups is 2. The molecule has 1 fully saturated rings. The van der Waals surface area contributed by atoms with Crippen LogP contribution in [-0.2, 0) is 19.1 Å². The molecule has 0 radical (unpaired) electrons. The monoisotopic (exact) mass is 254 g/mol. The zero-order valence-electron chi connectivity index (χ0n) is 11.2. The lowest BCUT2D eigenvalue weighted by Crippen LogP contribution is -2.42. The molecule has 0 amide bonds. The Kier molecular flexibility index (Phi) is 5.89. The van der Waals surface area contributed by atoms with E-state index in [1.165, 1.54) is 0 Å². The van der Waals surface area contributed by atoms with E-state index in [4.69, 9.17) is 9.47 Å². The number of Topliss-reactive ketones (excluding diaryl/α,β-unsaturated/α-hetero) is 1. The van der Waals surface area contributed by atoms with Gasteiger partial charge in [0.1, 0.15) is 5.41 Å². The lowest BCUT2D eigenvalue weighted by Gasteiger charge is -2.32. The largest absolute Gasteiger partial charge is 0.502 e. The molecule has 18 heavy (non-hydrogen) atoms. The summed E-state index contributed by atoms with van der Waals surface area (Å²) in [7, 11) is 0. The van der Waals surface area contributed by atoms with E-state index in [2.05, 4.69) is 0 Å². The van der Waals surface area contributed by atoms with Gasteiger partial charge in [0.2, 0.25) is 0 Å². The molecule has 102 valence electrons. The summed E-state index contributed by atoms with van der Waals surface area (Å²) in [4.78, 5) is 24.2. The minimum Gasteiger partial charge on any atom is -0.502 e. The molecule has 0 aromatic heterocycles. The first-order valence-corrected chi connectivity index (χ1v) is 6.64. The average molecular weight is 254 g/mol. The average Bonchev–Trinajstić information content (AvgIpc) is 2.37. The molecular weight excluding hydrogens is 232 g/mol. The zero-order chi connectivity index (χ0) is 13.4. The summed E-state index contributed by atoms with van der Waals surface area (Å²) in [6.45, 7) is 4.53. The molecule has 0 N–H and O–H groups in total. The van der Waals surface area contributed by atoms with Gasteiger partial charge in [0, 0.05) is 6.42 Å². The van der Waals surface area contributed by atoms with E-state index >= 15 is 0 Å². The summed E-state index contributed by atoms with van der Waals surface area (Å²) in [5.74, 6) is -0.371. The SMILES string of the molecule is CCO/C=C/CC1(C(=O)OCC)CCCCC1=O. The first kappa shape index (κ1) is 14.7. The van der Waals surface area contributed by atoms with Gasteiger partial charge >= 0.3 is 5.97 Å². The highest BCUT2D eigenvalue weighted by Crippen LogP contribution is 2.38. The van der Waals surface area contributed by atoms with Gasteiger partial charge in [0.25, 0.3) is 0 Å². The van der Waals surface area contributed by atoms with Crippen molar-refractivity contribution in [3.05, 3.63) is 12.3 Å². The van der Waals surface area contributed by atoms with Crippen molar-refractivity contribution in [1.29, 1.82) is 0 Å². The Hall–Kier alpha value is -1.32. The van der Waals surface area contributed by atoms with Gasteiger partial charge in [0.05, 0.1) is 19.5 Å². The maximum Gasteiger partial charge on any atom is 0.319 e. The summed E-state index contributed by atoms with van der Waals surface area (Å²) in [6, 6.07) is 0. The summed E-state index contributed by atoms with van der Waals surface area (Å²) >= 11 is 0. The first-order valence-electron chi connectivity index (χ1n) is 6.64. The fourth-order valence-corrected chi connectivity index (χ4v) is 2.29. The minimum absolute atomic E-state index is 0.00773. The molecule has 4 nitrogen and oxygen atoms in total. The van der Waals surface area contributed by atoms with Gasteiger partial charge in [-0.05, 0) is 39.2 Å². The molecule has 0 aromatic rings. The number of rotatable bonds is 6. The molecule has 4 heteroatoms. The van der Waals surface area contributed by atoms with Crippen LogP contribution in [0.4, 0.5) is 0 Å². The van der Waals surface area contributed by atoms with Crippen LogP contribution in [0.25, 0.3) is 0 Å². The number of ether oxygens (including phenoxy) is 2. The van der Waals surface area contributed by atoms with Crippen LogP contribution in [0.5, 0.6) is 0 Å². The van der Waals surface area contributed by atoms with Crippen LogP contribution >= 0.6 is 0 Å². The van der Waals surface area contributed by atoms with E-state index in [0.717, 1.165) is 12.8 Å². The van der Waals surface area contributed by atoms with Gasteiger partial charge in [-0.25, -0.2) is 0 Å². The molecule has 0 spiro atoms. The van der Waals surface area contributed by atoms with Crippen molar-refractivity contribution in [2.45, 2.75) is 46.0 Å². The predicted octanol–water partition coefficient (Wildman–Crippen LogP) is 2.62. The van der Waals surface area contributed by atoms with E-state index in [0.29, 0.717) is 32.5 Å². The van der Waals surface area contributed by atoms with E-state index in [1.54, 1.807) is 19.3 Å². The molecule has 0 heterocycles. The fraction of sp³-hybridized carbons (Fsp3) is 0.714. The Balaban J connectivity index is 2.79. The number of allylic oxidation sites excluding steroid dienone is 1. The van der Waals surface area contributed by atoms with E-state index in [1.807, 2.05) is 6.92 Å². The number of carbonyl (C=O) groups excluding carboxylic acids is 2. The second kappa shape index (κ2) is 7.19. The number of hydrogen-bond acceptors (Lipinski definition) is 4. The summed E-state index contributed by atoms with van der Waals surface area (Å²) < 4.78 is 10.2. The number of esters is 1. The molecule has 1 aliphatic carbocycles. The summed E-state index contributed by atoms with van der Waals surface area (Å²) in [5.41, 5.74) is -0.970. The van der Waals surface area contributed by atoms with Gasteiger partial charge < -0.3 is 9.47 Å². The van der Waals surface area contributed by atoms with E-state index in [9.17, 15) is 9.59 Å². The molecule has 1 unspecified atom stereocenters. The van der Waals surface area contributed by atoms with Gasteiger partial charge in [-0.1, -0.05) is 6.42 Å². The van der Waals surface area contributed by atoms with Crippen molar-refractivity contribution in [2.24, 2.45) is 5.41 Å². The number of ketones is 1. The highest BCUT2D eigenvalue weighted by atomic mass is 16.5. The predicted molar refractivity (Wildman–Crippen MR) is 67.9 cm³/mol. The van der Waals surface area contributed by atoms with Gasteiger partial charge in [-0.2, -0.15) is 0 Å². The normalized spacial score (nSPS) is 24.2. The van der Waals surface area contributed by atoms with Crippen LogP contribution in [0.1, 0.15) is 46.0 Å². The maximum atomic E-state index is 12.1. The molecule has 0 aliphatic heterocycles. The zero-order valence-corrected chi connectivity index (χ0v) is 11.2. The molecule has 1 rings (SSSR count). The molecule has 0 aromatic carbocycles. The quantitative estimate of drug-likeness (QED) is 0.415. The van der Waals surface area contributed by atoms with Crippen molar-refractivity contribution in [3.63, 3.8) is 0 Å². The van der Waals surface area contributed by atoms with E-state index in [-0.39, 0.29) is 11.8 Å². The molecule has 1 atom stereocenters. The Morgan fingerprint density at radius 3 is 2.72 bits per heavy atom. The molecule has 0 bridgehead atoms. The van der Waals surface area contributed by atoms with Crippen LogP contribution in [0, 0.1) is 5.41 Å². The van der Waals surface area contributed by atoms with Crippen molar-refractivity contribution < 1.29 is 19.1 Å². The molecule has 1 aliphatic rings. The Morgan fingerprint density at radius 2 is 2.11 bits per heavy atom. The lowest BCUT2D eigenvalue weighted by atomic mass is 9.71. The van der Waals surface area contributed by atoms with Crippen molar-refractivity contribution in [1.82, 2.24) is 0 Å². The standard InChI is InChI=1S/C14H22O4/c1-3-17-11-7-10-14(13(16)18-4-2)9-6-5-8-12(14)15/h7,11H,3-6,8-10H2,1-2H3/b11-7+. The topological polar surface area (TPSA) is 52.6 Å². The summed E-state index contributed by atoms with van der Waals surface area (Å²) in [6.07, 6.45) is 6.52. The minimum atomic E-state index is -0.970. The van der Waals surface area contributed by atoms with Crippen LogP contribution in [0.15, 0.2) is 12.3 Å².